The molecule has 0 spiro atoms. The quantitative estimate of drug-likeness (QED) is 0.868. The lowest BCUT2D eigenvalue weighted by atomic mass is 10.1. The molecule has 100 valence electrons. The van der Waals surface area contributed by atoms with Gasteiger partial charge < -0.3 is 10.1 Å². The molecule has 0 heterocycles. The Labute approximate surface area is 119 Å². The highest BCUT2D eigenvalue weighted by atomic mass is 35.5. The first-order valence-electron chi connectivity index (χ1n) is 6.40. The van der Waals surface area contributed by atoms with Gasteiger partial charge in [0, 0.05) is 18.5 Å². The molecule has 0 aliphatic heterocycles. The second-order valence-corrected chi connectivity index (χ2v) is 4.75. The molecule has 0 aliphatic rings. The van der Waals surface area contributed by atoms with Crippen LogP contribution in [-0.2, 0) is 13.0 Å². The summed E-state index contributed by atoms with van der Waals surface area (Å²) >= 11 is 6.19. The summed E-state index contributed by atoms with van der Waals surface area (Å²) in [6.45, 7) is 1.38. The fraction of sp³-hybridized carbons (Fsp3) is 0.250. The highest BCUT2D eigenvalue weighted by molar-refractivity contribution is 6.32. The standard InChI is InChI=1S/C16H18ClNO/c1-18-12-14-8-5-9-15(17)16(14)19-11-10-13-6-3-2-4-7-13/h2-9,18H,10-12H2,1H3. The number of rotatable bonds is 6. The largest absolute Gasteiger partial charge is 0.491 e. The average Bonchev–Trinajstić information content (AvgIpc) is 2.43. The van der Waals surface area contributed by atoms with Crippen molar-refractivity contribution < 1.29 is 4.74 Å². The Hall–Kier alpha value is -1.51. The summed E-state index contributed by atoms with van der Waals surface area (Å²) < 4.78 is 5.85. The number of halogens is 1. The van der Waals surface area contributed by atoms with Crippen LogP contribution in [0.4, 0.5) is 0 Å². The maximum atomic E-state index is 6.19. The minimum absolute atomic E-state index is 0.629. The summed E-state index contributed by atoms with van der Waals surface area (Å²) in [4.78, 5) is 0. The molecule has 0 radical (unpaired) electrons. The molecule has 0 saturated carbocycles. The van der Waals surface area contributed by atoms with Crippen LogP contribution < -0.4 is 10.1 Å². The van der Waals surface area contributed by atoms with E-state index in [1.54, 1.807) is 0 Å². The van der Waals surface area contributed by atoms with Crippen LogP contribution in [0.1, 0.15) is 11.1 Å². The van der Waals surface area contributed by atoms with Crippen LogP contribution in [0.5, 0.6) is 5.75 Å². The lowest BCUT2D eigenvalue weighted by Gasteiger charge is -2.13. The van der Waals surface area contributed by atoms with Crippen LogP contribution in [0.3, 0.4) is 0 Å². The fourth-order valence-corrected chi connectivity index (χ4v) is 2.21. The Morgan fingerprint density at radius 1 is 1.05 bits per heavy atom. The average molecular weight is 276 g/mol. The van der Waals surface area contributed by atoms with Gasteiger partial charge in [0.15, 0.2) is 0 Å². The first kappa shape index (κ1) is 13.9. The van der Waals surface area contributed by atoms with Crippen LogP contribution >= 0.6 is 11.6 Å². The minimum Gasteiger partial charge on any atom is -0.491 e. The number of nitrogens with one attached hydrogen (secondary N) is 1. The lowest BCUT2D eigenvalue weighted by molar-refractivity contribution is 0.318. The fourth-order valence-electron chi connectivity index (χ4n) is 1.96. The van der Waals surface area contributed by atoms with Crippen molar-refractivity contribution in [3.05, 3.63) is 64.7 Å². The zero-order valence-corrected chi connectivity index (χ0v) is 11.8. The molecule has 0 atom stereocenters. The molecule has 0 bridgehead atoms. The topological polar surface area (TPSA) is 21.3 Å². The van der Waals surface area contributed by atoms with E-state index in [2.05, 4.69) is 17.4 Å². The predicted molar refractivity (Wildman–Crippen MR) is 79.9 cm³/mol. The number of hydrogen-bond acceptors (Lipinski definition) is 2. The van der Waals surface area contributed by atoms with Crippen molar-refractivity contribution >= 4 is 11.6 Å². The SMILES string of the molecule is CNCc1cccc(Cl)c1OCCc1ccccc1. The number of hydrogen-bond donors (Lipinski definition) is 1. The molecule has 0 aliphatic carbocycles. The van der Waals surface area contributed by atoms with Crippen molar-refractivity contribution in [1.82, 2.24) is 5.32 Å². The molecule has 0 saturated heterocycles. The van der Waals surface area contributed by atoms with Crippen molar-refractivity contribution in [3.63, 3.8) is 0 Å². The van der Waals surface area contributed by atoms with Gasteiger partial charge in [0.25, 0.3) is 0 Å². The van der Waals surface area contributed by atoms with Crippen molar-refractivity contribution in [2.24, 2.45) is 0 Å². The first-order chi connectivity index (χ1) is 9.31. The van der Waals surface area contributed by atoms with Crippen LogP contribution in [-0.4, -0.2) is 13.7 Å². The molecular weight excluding hydrogens is 258 g/mol. The number of para-hydroxylation sites is 1. The molecule has 0 aromatic heterocycles. The highest BCUT2D eigenvalue weighted by Crippen LogP contribution is 2.28. The smallest absolute Gasteiger partial charge is 0.142 e. The molecule has 3 heteroatoms. The van der Waals surface area contributed by atoms with E-state index in [4.69, 9.17) is 16.3 Å². The van der Waals surface area contributed by atoms with Crippen molar-refractivity contribution in [1.29, 1.82) is 0 Å². The number of ether oxygens (including phenoxy) is 1. The Kier molecular flexibility index (Phi) is 5.25. The minimum atomic E-state index is 0.629. The molecule has 0 amide bonds. The zero-order chi connectivity index (χ0) is 13.5. The van der Waals surface area contributed by atoms with Crippen LogP contribution in [0, 0.1) is 0 Å². The van der Waals surface area contributed by atoms with Gasteiger partial charge in [-0.3, -0.25) is 0 Å². The third kappa shape index (κ3) is 3.98. The van der Waals surface area contributed by atoms with Gasteiger partial charge >= 0.3 is 0 Å². The van der Waals surface area contributed by atoms with E-state index < -0.39 is 0 Å². The van der Waals surface area contributed by atoms with Gasteiger partial charge in [-0.15, -0.1) is 0 Å². The van der Waals surface area contributed by atoms with E-state index in [1.165, 1.54) is 5.56 Å². The summed E-state index contributed by atoms with van der Waals surface area (Å²) in [5.41, 5.74) is 2.35. The number of benzene rings is 2. The Bertz CT molecular complexity index is 513. The van der Waals surface area contributed by atoms with E-state index in [-0.39, 0.29) is 0 Å². The summed E-state index contributed by atoms with van der Waals surface area (Å²) in [5, 5.41) is 3.79. The molecule has 1 N–H and O–H groups in total. The normalized spacial score (nSPS) is 10.4. The molecule has 19 heavy (non-hydrogen) atoms. The van der Waals surface area contributed by atoms with Gasteiger partial charge in [0.05, 0.1) is 11.6 Å². The van der Waals surface area contributed by atoms with E-state index in [1.807, 2.05) is 43.4 Å². The lowest BCUT2D eigenvalue weighted by Crippen LogP contribution is -2.09. The van der Waals surface area contributed by atoms with Gasteiger partial charge in [0.1, 0.15) is 5.75 Å². The summed E-state index contributed by atoms with van der Waals surface area (Å²) in [5.74, 6) is 0.787. The maximum absolute atomic E-state index is 6.19. The van der Waals surface area contributed by atoms with E-state index >= 15 is 0 Å². The molecule has 2 aromatic carbocycles. The first-order valence-corrected chi connectivity index (χ1v) is 6.78. The Balaban J connectivity index is 1.99. The van der Waals surface area contributed by atoms with Gasteiger partial charge in [-0.25, -0.2) is 0 Å². The van der Waals surface area contributed by atoms with Crippen molar-refractivity contribution in [3.8, 4) is 5.75 Å². The maximum Gasteiger partial charge on any atom is 0.142 e. The Morgan fingerprint density at radius 3 is 2.58 bits per heavy atom. The van der Waals surface area contributed by atoms with Gasteiger partial charge in [-0.2, -0.15) is 0 Å². The molecular formula is C16H18ClNO. The summed E-state index contributed by atoms with van der Waals surface area (Å²) in [6, 6.07) is 16.1. The van der Waals surface area contributed by atoms with Crippen molar-refractivity contribution in [2.75, 3.05) is 13.7 Å². The van der Waals surface area contributed by atoms with Gasteiger partial charge in [-0.05, 0) is 18.7 Å². The van der Waals surface area contributed by atoms with Crippen LogP contribution in [0.2, 0.25) is 5.02 Å². The van der Waals surface area contributed by atoms with Gasteiger partial charge in [-0.1, -0.05) is 54.1 Å². The molecule has 2 nitrogen and oxygen atoms in total. The van der Waals surface area contributed by atoms with Crippen LogP contribution in [0.15, 0.2) is 48.5 Å². The summed E-state index contributed by atoms with van der Waals surface area (Å²) in [7, 11) is 1.91. The van der Waals surface area contributed by atoms with Crippen molar-refractivity contribution in [2.45, 2.75) is 13.0 Å². The Morgan fingerprint density at radius 2 is 1.84 bits per heavy atom. The third-order valence-electron chi connectivity index (χ3n) is 2.90. The molecule has 0 unspecified atom stereocenters. The second-order valence-electron chi connectivity index (χ2n) is 4.34. The monoisotopic (exact) mass is 275 g/mol. The third-order valence-corrected chi connectivity index (χ3v) is 3.19. The highest BCUT2D eigenvalue weighted by Gasteiger charge is 2.07. The van der Waals surface area contributed by atoms with Gasteiger partial charge in [0.2, 0.25) is 0 Å². The van der Waals surface area contributed by atoms with E-state index in [0.717, 1.165) is 24.3 Å². The van der Waals surface area contributed by atoms with Crippen LogP contribution in [0.25, 0.3) is 0 Å². The van der Waals surface area contributed by atoms with E-state index in [9.17, 15) is 0 Å². The molecule has 2 aromatic rings. The van der Waals surface area contributed by atoms with E-state index in [0.29, 0.717) is 11.6 Å². The summed E-state index contributed by atoms with van der Waals surface area (Å²) in [6.07, 6.45) is 0.880. The zero-order valence-electron chi connectivity index (χ0n) is 11.0. The predicted octanol–water partition coefficient (Wildman–Crippen LogP) is 3.68. The molecule has 0 fully saturated rings. The second kappa shape index (κ2) is 7.17. The molecule has 2 rings (SSSR count).